The SMILES string of the molecule is Cc1cc(CNc2nc(N)c(-c3cc(C4CC4)[nH]n3)c(OCCN3CCCC3)n2)on1. The third-order valence-electron chi connectivity index (χ3n) is 5.72. The van der Waals surface area contributed by atoms with Gasteiger partial charge in [-0.2, -0.15) is 15.1 Å². The first-order valence-corrected chi connectivity index (χ1v) is 10.9. The predicted molar refractivity (Wildman–Crippen MR) is 116 cm³/mol. The maximum Gasteiger partial charge on any atom is 0.230 e. The van der Waals surface area contributed by atoms with Gasteiger partial charge in [0.05, 0.1) is 12.2 Å². The number of likely N-dealkylation sites (tertiary alicyclic amines) is 1. The molecule has 0 aromatic carbocycles. The van der Waals surface area contributed by atoms with E-state index in [-0.39, 0.29) is 0 Å². The van der Waals surface area contributed by atoms with Crippen LogP contribution in [-0.4, -0.2) is 56.5 Å². The van der Waals surface area contributed by atoms with Crippen LogP contribution >= 0.6 is 0 Å². The molecule has 4 N–H and O–H groups in total. The lowest BCUT2D eigenvalue weighted by atomic mass is 10.2. The van der Waals surface area contributed by atoms with E-state index < -0.39 is 0 Å². The van der Waals surface area contributed by atoms with Gasteiger partial charge in [-0.3, -0.25) is 10.00 Å². The lowest BCUT2D eigenvalue weighted by Gasteiger charge is -2.16. The molecule has 3 aromatic heterocycles. The lowest BCUT2D eigenvalue weighted by molar-refractivity contribution is 0.232. The molecule has 1 aliphatic carbocycles. The smallest absolute Gasteiger partial charge is 0.230 e. The maximum absolute atomic E-state index is 6.35. The number of aryl methyl sites for hydroxylation is 1. The van der Waals surface area contributed by atoms with Crippen molar-refractivity contribution in [3.63, 3.8) is 0 Å². The van der Waals surface area contributed by atoms with Gasteiger partial charge in [-0.05, 0) is 51.8 Å². The highest BCUT2D eigenvalue weighted by atomic mass is 16.5. The molecule has 1 saturated heterocycles. The molecule has 10 heteroatoms. The Labute approximate surface area is 180 Å². The molecule has 0 amide bonds. The van der Waals surface area contributed by atoms with Crippen molar-refractivity contribution >= 4 is 11.8 Å². The van der Waals surface area contributed by atoms with Crippen LogP contribution in [0.5, 0.6) is 5.88 Å². The van der Waals surface area contributed by atoms with Crippen LogP contribution in [0.15, 0.2) is 16.7 Å². The van der Waals surface area contributed by atoms with E-state index in [0.717, 1.165) is 31.0 Å². The monoisotopic (exact) mass is 424 g/mol. The van der Waals surface area contributed by atoms with Crippen molar-refractivity contribution in [2.24, 2.45) is 0 Å². The van der Waals surface area contributed by atoms with Gasteiger partial charge in [-0.1, -0.05) is 5.16 Å². The van der Waals surface area contributed by atoms with Gasteiger partial charge < -0.3 is 20.3 Å². The van der Waals surface area contributed by atoms with Crippen molar-refractivity contribution < 1.29 is 9.26 Å². The molecule has 2 fully saturated rings. The second-order valence-corrected chi connectivity index (χ2v) is 8.28. The van der Waals surface area contributed by atoms with E-state index in [9.17, 15) is 0 Å². The minimum atomic E-state index is 0.330. The molecule has 3 aromatic rings. The zero-order valence-electron chi connectivity index (χ0n) is 17.7. The topological polar surface area (TPSA) is 131 Å². The zero-order valence-corrected chi connectivity index (χ0v) is 17.7. The number of nitrogens with zero attached hydrogens (tertiary/aromatic N) is 5. The Morgan fingerprint density at radius 2 is 2.10 bits per heavy atom. The maximum atomic E-state index is 6.35. The Balaban J connectivity index is 1.37. The summed E-state index contributed by atoms with van der Waals surface area (Å²) in [6.07, 6.45) is 4.88. The summed E-state index contributed by atoms with van der Waals surface area (Å²) in [6, 6.07) is 3.89. The van der Waals surface area contributed by atoms with Crippen molar-refractivity contribution in [2.45, 2.75) is 45.1 Å². The minimum absolute atomic E-state index is 0.330. The summed E-state index contributed by atoms with van der Waals surface area (Å²) in [4.78, 5) is 11.4. The summed E-state index contributed by atoms with van der Waals surface area (Å²) in [7, 11) is 0. The Bertz CT molecular complexity index is 1040. The molecule has 31 heavy (non-hydrogen) atoms. The second kappa shape index (κ2) is 8.54. The number of rotatable bonds is 9. The first-order valence-electron chi connectivity index (χ1n) is 10.9. The van der Waals surface area contributed by atoms with Gasteiger partial charge in [0.15, 0.2) is 5.76 Å². The van der Waals surface area contributed by atoms with Crippen molar-refractivity contribution in [3.05, 3.63) is 29.3 Å². The largest absolute Gasteiger partial charge is 0.476 e. The number of anilines is 2. The quantitative estimate of drug-likeness (QED) is 0.474. The first-order chi connectivity index (χ1) is 15.2. The summed E-state index contributed by atoms with van der Waals surface area (Å²) < 4.78 is 11.4. The van der Waals surface area contributed by atoms with Crippen LogP contribution < -0.4 is 15.8 Å². The van der Waals surface area contributed by atoms with Crippen LogP contribution in [-0.2, 0) is 6.54 Å². The van der Waals surface area contributed by atoms with E-state index in [0.29, 0.717) is 53.7 Å². The highest BCUT2D eigenvalue weighted by Gasteiger charge is 2.27. The summed E-state index contributed by atoms with van der Waals surface area (Å²) in [5.41, 5.74) is 9.64. The predicted octanol–water partition coefficient (Wildman–Crippen LogP) is 2.71. The molecule has 10 nitrogen and oxygen atoms in total. The van der Waals surface area contributed by atoms with Crippen LogP contribution in [0.2, 0.25) is 0 Å². The fourth-order valence-corrected chi connectivity index (χ4v) is 3.89. The number of aromatic amines is 1. The average Bonchev–Trinajstić information content (AvgIpc) is 3.13. The number of nitrogens with one attached hydrogen (secondary N) is 2. The fourth-order valence-electron chi connectivity index (χ4n) is 3.89. The number of aromatic nitrogens is 5. The summed E-state index contributed by atoms with van der Waals surface area (Å²) in [5.74, 6) is 2.41. The summed E-state index contributed by atoms with van der Waals surface area (Å²) in [6.45, 7) is 5.91. The van der Waals surface area contributed by atoms with Crippen molar-refractivity contribution in [1.29, 1.82) is 0 Å². The third-order valence-corrected chi connectivity index (χ3v) is 5.72. The van der Waals surface area contributed by atoms with E-state index in [1.165, 1.54) is 25.7 Å². The van der Waals surface area contributed by atoms with E-state index in [1.54, 1.807) is 0 Å². The van der Waals surface area contributed by atoms with Gasteiger partial charge in [0.1, 0.15) is 23.7 Å². The van der Waals surface area contributed by atoms with Crippen LogP contribution in [0.1, 0.15) is 48.7 Å². The van der Waals surface area contributed by atoms with Crippen molar-refractivity contribution in [2.75, 3.05) is 37.3 Å². The third kappa shape index (κ3) is 4.63. The normalized spacial score (nSPS) is 16.7. The molecular formula is C21H28N8O2. The van der Waals surface area contributed by atoms with Crippen LogP contribution in [0, 0.1) is 6.92 Å². The van der Waals surface area contributed by atoms with E-state index in [4.69, 9.17) is 15.0 Å². The molecular weight excluding hydrogens is 396 g/mol. The molecule has 1 aliphatic heterocycles. The van der Waals surface area contributed by atoms with Gasteiger partial charge in [0, 0.05) is 24.2 Å². The van der Waals surface area contributed by atoms with Gasteiger partial charge in [-0.15, -0.1) is 0 Å². The Morgan fingerprint density at radius 1 is 1.26 bits per heavy atom. The van der Waals surface area contributed by atoms with Crippen LogP contribution in [0.25, 0.3) is 11.3 Å². The van der Waals surface area contributed by atoms with Gasteiger partial charge in [-0.25, -0.2) is 0 Å². The molecule has 0 bridgehead atoms. The van der Waals surface area contributed by atoms with Gasteiger partial charge in [0.25, 0.3) is 0 Å². The molecule has 0 unspecified atom stereocenters. The highest BCUT2D eigenvalue weighted by molar-refractivity contribution is 5.77. The van der Waals surface area contributed by atoms with Crippen molar-refractivity contribution in [1.82, 2.24) is 30.2 Å². The number of ether oxygens (including phenoxy) is 1. The van der Waals surface area contributed by atoms with Crippen molar-refractivity contribution in [3.8, 4) is 17.1 Å². The molecule has 1 saturated carbocycles. The van der Waals surface area contributed by atoms with E-state index in [2.05, 4.69) is 35.5 Å². The molecule has 2 aliphatic rings. The minimum Gasteiger partial charge on any atom is -0.476 e. The molecule has 5 rings (SSSR count). The number of hydrogen-bond donors (Lipinski definition) is 3. The molecule has 4 heterocycles. The number of hydrogen-bond acceptors (Lipinski definition) is 9. The number of nitrogen functional groups attached to an aromatic ring is 1. The first kappa shape index (κ1) is 19.8. The zero-order chi connectivity index (χ0) is 21.2. The lowest BCUT2D eigenvalue weighted by Crippen LogP contribution is -2.25. The highest BCUT2D eigenvalue weighted by Crippen LogP contribution is 2.41. The van der Waals surface area contributed by atoms with Crippen LogP contribution in [0.4, 0.5) is 11.8 Å². The van der Waals surface area contributed by atoms with Gasteiger partial charge in [0.2, 0.25) is 11.8 Å². The Hall–Kier alpha value is -3.14. The Morgan fingerprint density at radius 3 is 2.84 bits per heavy atom. The number of nitrogens with two attached hydrogens (primary N) is 1. The van der Waals surface area contributed by atoms with E-state index in [1.807, 2.05) is 19.1 Å². The number of H-pyrrole nitrogens is 1. The fraction of sp³-hybridized carbons (Fsp3) is 0.524. The van der Waals surface area contributed by atoms with Crippen LogP contribution in [0.3, 0.4) is 0 Å². The molecule has 0 atom stereocenters. The standard InChI is InChI=1S/C21H28N8O2/c1-13-10-15(31-28-13)12-23-21-24-19(22)18(17-11-16(26-27-17)14-4-5-14)20(25-21)30-9-8-29-6-2-3-7-29/h10-11,14H,2-9,12H2,1H3,(H,26,27)(H3,22,23,24,25). The summed E-state index contributed by atoms with van der Waals surface area (Å²) in [5, 5.41) is 14.6. The second-order valence-electron chi connectivity index (χ2n) is 8.28. The molecule has 164 valence electrons. The molecule has 0 spiro atoms. The van der Waals surface area contributed by atoms with Gasteiger partial charge >= 0.3 is 0 Å². The van der Waals surface area contributed by atoms with E-state index >= 15 is 0 Å². The Kier molecular flexibility index (Phi) is 5.46. The average molecular weight is 425 g/mol. The molecule has 0 radical (unpaired) electrons. The summed E-state index contributed by atoms with van der Waals surface area (Å²) >= 11 is 0.